The number of aliphatic hydroxyl groups is 1. The summed E-state index contributed by atoms with van der Waals surface area (Å²) >= 11 is 0. The Bertz CT molecular complexity index is 449. The molecule has 0 bridgehead atoms. The summed E-state index contributed by atoms with van der Waals surface area (Å²) in [6.07, 6.45) is 15.7. The van der Waals surface area contributed by atoms with Crippen LogP contribution in [-0.4, -0.2) is 93.9 Å². The monoisotopic (exact) mass is 516 g/mol. The van der Waals surface area contributed by atoms with E-state index in [2.05, 4.69) is 37.7 Å². The first-order valence-electron chi connectivity index (χ1n) is 14.9. The number of ether oxygens (including phenoxy) is 3. The largest absolute Gasteiger partial charge is 0.465 e. The second kappa shape index (κ2) is 27.3. The van der Waals surface area contributed by atoms with Crippen LogP contribution in [0.3, 0.4) is 0 Å². The molecule has 0 amide bonds. The SMILES string of the molecule is CCCCCCCOC(CCOC(=O)CCCCCN(CCO)CCN(C)C)OCCCCCCC. The molecule has 0 spiro atoms. The van der Waals surface area contributed by atoms with Crippen molar-refractivity contribution in [1.29, 1.82) is 0 Å². The Labute approximate surface area is 223 Å². The fraction of sp³-hybridized carbons (Fsp3) is 0.966. The molecule has 7 nitrogen and oxygen atoms in total. The average Bonchev–Trinajstić information content (AvgIpc) is 2.85. The van der Waals surface area contributed by atoms with Gasteiger partial charge in [-0.1, -0.05) is 71.6 Å². The van der Waals surface area contributed by atoms with E-state index in [0.29, 0.717) is 39.2 Å². The Hall–Kier alpha value is -0.730. The maximum absolute atomic E-state index is 12.2. The Morgan fingerprint density at radius 3 is 1.83 bits per heavy atom. The van der Waals surface area contributed by atoms with E-state index in [0.717, 1.165) is 51.7 Å². The van der Waals surface area contributed by atoms with Gasteiger partial charge >= 0.3 is 5.97 Å². The molecule has 0 aliphatic heterocycles. The molecule has 0 aliphatic carbocycles. The fourth-order valence-electron chi connectivity index (χ4n) is 4.00. The molecular weight excluding hydrogens is 456 g/mol. The number of likely N-dealkylation sites (N-methyl/N-ethyl adjacent to an activating group) is 1. The summed E-state index contributed by atoms with van der Waals surface area (Å²) in [7, 11) is 4.12. The summed E-state index contributed by atoms with van der Waals surface area (Å²) in [5.74, 6) is -0.132. The number of carbonyl (C=O) groups excluding carboxylic acids is 1. The van der Waals surface area contributed by atoms with E-state index in [1.54, 1.807) is 0 Å². The Morgan fingerprint density at radius 2 is 1.28 bits per heavy atom. The second-order valence-electron chi connectivity index (χ2n) is 10.2. The van der Waals surface area contributed by atoms with Gasteiger partial charge in [0.1, 0.15) is 0 Å². The van der Waals surface area contributed by atoms with Crippen molar-refractivity contribution < 1.29 is 24.1 Å². The number of rotatable bonds is 28. The maximum Gasteiger partial charge on any atom is 0.305 e. The van der Waals surface area contributed by atoms with Crippen LogP contribution in [-0.2, 0) is 19.0 Å². The second-order valence-corrected chi connectivity index (χ2v) is 10.2. The molecule has 0 unspecified atom stereocenters. The highest BCUT2D eigenvalue weighted by Gasteiger charge is 2.12. The van der Waals surface area contributed by atoms with Crippen LogP contribution >= 0.6 is 0 Å². The Kier molecular flexibility index (Phi) is 26.8. The molecule has 0 saturated carbocycles. The summed E-state index contributed by atoms with van der Waals surface area (Å²) in [6.45, 7) is 10.0. The highest BCUT2D eigenvalue weighted by Crippen LogP contribution is 2.10. The molecule has 1 N–H and O–H groups in total. The number of carbonyl (C=O) groups is 1. The van der Waals surface area contributed by atoms with Gasteiger partial charge in [0, 0.05) is 45.7 Å². The van der Waals surface area contributed by atoms with Crippen molar-refractivity contribution in [1.82, 2.24) is 9.80 Å². The predicted octanol–water partition coefficient (Wildman–Crippen LogP) is 5.64. The zero-order valence-electron chi connectivity index (χ0n) is 24.3. The molecule has 0 aromatic rings. The van der Waals surface area contributed by atoms with Gasteiger partial charge in [-0.15, -0.1) is 0 Å². The number of nitrogens with zero attached hydrogens (tertiary/aromatic N) is 2. The minimum atomic E-state index is -0.283. The van der Waals surface area contributed by atoms with E-state index in [1.165, 1.54) is 51.4 Å². The van der Waals surface area contributed by atoms with Crippen LogP contribution in [0.1, 0.15) is 110 Å². The van der Waals surface area contributed by atoms with E-state index in [1.807, 2.05) is 0 Å². The lowest BCUT2D eigenvalue weighted by Crippen LogP contribution is -2.34. The van der Waals surface area contributed by atoms with Crippen molar-refractivity contribution in [3.63, 3.8) is 0 Å². The Morgan fingerprint density at radius 1 is 0.694 bits per heavy atom. The van der Waals surface area contributed by atoms with E-state index in [4.69, 9.17) is 14.2 Å². The highest BCUT2D eigenvalue weighted by atomic mass is 16.7. The molecule has 0 heterocycles. The molecule has 0 rings (SSSR count). The van der Waals surface area contributed by atoms with E-state index in [-0.39, 0.29) is 18.9 Å². The molecule has 0 atom stereocenters. The quantitative estimate of drug-likeness (QED) is 0.0820. The lowest BCUT2D eigenvalue weighted by molar-refractivity contribution is -0.161. The van der Waals surface area contributed by atoms with Crippen LogP contribution in [0.2, 0.25) is 0 Å². The molecule has 216 valence electrons. The molecule has 0 aromatic carbocycles. The molecule has 0 aliphatic rings. The smallest absolute Gasteiger partial charge is 0.305 e. The fourth-order valence-corrected chi connectivity index (χ4v) is 4.00. The van der Waals surface area contributed by atoms with Crippen LogP contribution in [0, 0.1) is 0 Å². The van der Waals surface area contributed by atoms with Gasteiger partial charge in [-0.25, -0.2) is 0 Å². The van der Waals surface area contributed by atoms with Crippen LogP contribution in [0.5, 0.6) is 0 Å². The van der Waals surface area contributed by atoms with Gasteiger partial charge in [0.25, 0.3) is 0 Å². The summed E-state index contributed by atoms with van der Waals surface area (Å²) < 4.78 is 17.4. The molecule has 0 radical (unpaired) electrons. The molecule has 0 saturated heterocycles. The molecule has 0 aromatic heterocycles. The third-order valence-corrected chi connectivity index (χ3v) is 6.35. The third-order valence-electron chi connectivity index (χ3n) is 6.35. The number of hydrogen-bond acceptors (Lipinski definition) is 7. The van der Waals surface area contributed by atoms with E-state index in [9.17, 15) is 9.90 Å². The normalized spacial score (nSPS) is 11.8. The van der Waals surface area contributed by atoms with Crippen molar-refractivity contribution in [3.05, 3.63) is 0 Å². The first kappa shape index (κ1) is 35.3. The lowest BCUT2D eigenvalue weighted by atomic mass is 10.2. The van der Waals surface area contributed by atoms with Gasteiger partial charge in [0.05, 0.1) is 13.2 Å². The lowest BCUT2D eigenvalue weighted by Gasteiger charge is -2.23. The minimum absolute atomic E-state index is 0.132. The molecular formula is C29H60N2O5. The number of unbranched alkanes of at least 4 members (excludes halogenated alkanes) is 10. The van der Waals surface area contributed by atoms with Crippen LogP contribution in [0.15, 0.2) is 0 Å². The van der Waals surface area contributed by atoms with Gasteiger partial charge in [-0.05, 0) is 46.3 Å². The van der Waals surface area contributed by atoms with Gasteiger partial charge in [0.2, 0.25) is 0 Å². The van der Waals surface area contributed by atoms with Gasteiger partial charge in [0.15, 0.2) is 6.29 Å². The first-order chi connectivity index (χ1) is 17.5. The summed E-state index contributed by atoms with van der Waals surface area (Å²) in [5.41, 5.74) is 0. The van der Waals surface area contributed by atoms with Crippen molar-refractivity contribution in [3.8, 4) is 0 Å². The van der Waals surface area contributed by atoms with E-state index >= 15 is 0 Å². The maximum atomic E-state index is 12.2. The van der Waals surface area contributed by atoms with E-state index < -0.39 is 0 Å². The first-order valence-corrected chi connectivity index (χ1v) is 14.9. The number of aliphatic hydroxyl groups excluding tert-OH is 1. The molecule has 7 heteroatoms. The summed E-state index contributed by atoms with van der Waals surface area (Å²) in [5, 5.41) is 9.25. The van der Waals surface area contributed by atoms with Crippen molar-refractivity contribution in [2.24, 2.45) is 0 Å². The minimum Gasteiger partial charge on any atom is -0.465 e. The van der Waals surface area contributed by atoms with Crippen molar-refractivity contribution in [2.75, 3.05) is 66.7 Å². The zero-order valence-corrected chi connectivity index (χ0v) is 24.3. The van der Waals surface area contributed by atoms with Crippen LogP contribution in [0.25, 0.3) is 0 Å². The van der Waals surface area contributed by atoms with Gasteiger partial charge in [-0.2, -0.15) is 0 Å². The van der Waals surface area contributed by atoms with Crippen molar-refractivity contribution in [2.45, 2.75) is 116 Å². The Balaban J connectivity index is 4.06. The zero-order chi connectivity index (χ0) is 26.7. The molecule has 36 heavy (non-hydrogen) atoms. The van der Waals surface area contributed by atoms with Gasteiger partial charge < -0.3 is 24.2 Å². The topological polar surface area (TPSA) is 71.5 Å². The summed E-state index contributed by atoms with van der Waals surface area (Å²) in [6, 6.07) is 0. The van der Waals surface area contributed by atoms with Gasteiger partial charge in [-0.3, -0.25) is 9.69 Å². The average molecular weight is 517 g/mol. The number of esters is 1. The molecule has 0 fully saturated rings. The third kappa shape index (κ3) is 24.9. The number of hydrogen-bond donors (Lipinski definition) is 1. The van der Waals surface area contributed by atoms with Crippen LogP contribution in [0.4, 0.5) is 0 Å². The standard InChI is InChI=1S/C29H60N2O5/c1-5-7-9-11-16-25-35-29(36-26-17-12-10-8-6-2)19-27-34-28(33)18-14-13-15-20-31(23-24-32)22-21-30(3)4/h29,32H,5-27H2,1-4H3. The summed E-state index contributed by atoms with van der Waals surface area (Å²) in [4.78, 5) is 16.6. The highest BCUT2D eigenvalue weighted by molar-refractivity contribution is 5.69. The predicted molar refractivity (Wildman–Crippen MR) is 149 cm³/mol. The van der Waals surface area contributed by atoms with Crippen LogP contribution < -0.4 is 0 Å². The van der Waals surface area contributed by atoms with Crippen molar-refractivity contribution >= 4 is 5.97 Å².